The largest absolute Gasteiger partial charge is 0.330 e. The maximum atomic E-state index is 13.6. The van der Waals surface area contributed by atoms with Crippen LogP contribution < -0.4 is 10.6 Å². The van der Waals surface area contributed by atoms with Crippen molar-refractivity contribution < 1.29 is 9.59 Å². The van der Waals surface area contributed by atoms with E-state index in [1.165, 1.54) is 56.3 Å². The third kappa shape index (κ3) is 6.47. The molecule has 6 nitrogen and oxygen atoms in total. The van der Waals surface area contributed by atoms with Gasteiger partial charge in [-0.25, -0.2) is 9.69 Å². The zero-order valence-electron chi connectivity index (χ0n) is 21.5. The number of carbonyl (C=O) groups excluding carboxylic acids is 2. The molecule has 2 fully saturated rings. The quantitative estimate of drug-likeness (QED) is 0.223. The van der Waals surface area contributed by atoms with Gasteiger partial charge in [-0.1, -0.05) is 71.6 Å². The SMILES string of the molecule is CCCCCCCNC(C)N1C(=O)N(C(C)NCCCCCCC)C(C)(C2CCC2)C1=O. The minimum atomic E-state index is -0.735. The van der Waals surface area contributed by atoms with Gasteiger partial charge in [-0.2, -0.15) is 0 Å². The normalized spacial score (nSPS) is 23.7. The molecule has 0 aromatic heterocycles. The number of hydrogen-bond donors (Lipinski definition) is 2. The summed E-state index contributed by atoms with van der Waals surface area (Å²) < 4.78 is 0. The first kappa shape index (κ1) is 27.1. The monoisotopic (exact) mass is 450 g/mol. The van der Waals surface area contributed by atoms with Crippen molar-refractivity contribution in [2.75, 3.05) is 13.1 Å². The highest BCUT2D eigenvalue weighted by Gasteiger charge is 2.61. The van der Waals surface area contributed by atoms with Crippen molar-refractivity contribution in [2.24, 2.45) is 5.92 Å². The Labute approximate surface area is 197 Å². The fourth-order valence-electron chi connectivity index (χ4n) is 5.26. The average Bonchev–Trinajstić information content (AvgIpc) is 2.91. The van der Waals surface area contributed by atoms with Crippen molar-refractivity contribution in [3.05, 3.63) is 0 Å². The van der Waals surface area contributed by atoms with E-state index in [1.807, 2.05) is 25.7 Å². The minimum absolute atomic E-state index is 0.0187. The lowest BCUT2D eigenvalue weighted by molar-refractivity contribution is -0.139. The highest BCUT2D eigenvalue weighted by Crippen LogP contribution is 2.45. The molecule has 1 aliphatic carbocycles. The molecule has 0 aromatic carbocycles. The molecule has 3 unspecified atom stereocenters. The van der Waals surface area contributed by atoms with Gasteiger partial charge in [-0.15, -0.1) is 0 Å². The summed E-state index contributed by atoms with van der Waals surface area (Å²) in [7, 11) is 0. The predicted octanol–water partition coefficient (Wildman–Crippen LogP) is 5.62. The summed E-state index contributed by atoms with van der Waals surface area (Å²) in [6, 6.07) is -0.138. The molecule has 1 saturated carbocycles. The maximum absolute atomic E-state index is 13.6. The van der Waals surface area contributed by atoms with Crippen molar-refractivity contribution in [2.45, 2.75) is 136 Å². The van der Waals surface area contributed by atoms with E-state index in [0.29, 0.717) is 0 Å². The number of urea groups is 1. The molecule has 0 bridgehead atoms. The van der Waals surface area contributed by atoms with Gasteiger partial charge in [0.25, 0.3) is 5.91 Å². The number of rotatable bonds is 17. The smallest absolute Gasteiger partial charge is 0.297 e. The van der Waals surface area contributed by atoms with Gasteiger partial charge in [0.2, 0.25) is 0 Å². The lowest BCUT2D eigenvalue weighted by atomic mass is 9.70. The van der Waals surface area contributed by atoms with Crippen LogP contribution in [0, 0.1) is 5.92 Å². The molecule has 3 atom stereocenters. The first-order chi connectivity index (χ1) is 15.4. The van der Waals surface area contributed by atoms with Crippen LogP contribution in [0.2, 0.25) is 0 Å². The number of nitrogens with one attached hydrogen (secondary N) is 2. The van der Waals surface area contributed by atoms with Gasteiger partial charge >= 0.3 is 6.03 Å². The zero-order valence-corrected chi connectivity index (χ0v) is 21.5. The molecule has 0 radical (unpaired) electrons. The van der Waals surface area contributed by atoms with Gasteiger partial charge in [-0.3, -0.25) is 20.3 Å². The van der Waals surface area contributed by atoms with E-state index in [-0.39, 0.29) is 30.2 Å². The molecule has 6 heteroatoms. The van der Waals surface area contributed by atoms with E-state index in [0.717, 1.165) is 45.2 Å². The third-order valence-corrected chi connectivity index (χ3v) is 7.68. The van der Waals surface area contributed by atoms with Crippen LogP contribution in [0.3, 0.4) is 0 Å². The van der Waals surface area contributed by atoms with E-state index in [2.05, 4.69) is 24.5 Å². The Kier molecular flexibility index (Phi) is 11.5. The molecule has 1 saturated heterocycles. The molecule has 2 aliphatic rings. The summed E-state index contributed by atoms with van der Waals surface area (Å²) in [5.41, 5.74) is -0.735. The van der Waals surface area contributed by atoms with Crippen molar-refractivity contribution in [1.29, 1.82) is 0 Å². The third-order valence-electron chi connectivity index (χ3n) is 7.68. The fraction of sp³-hybridized carbons (Fsp3) is 0.923. The number of nitrogens with zero attached hydrogens (tertiary/aromatic N) is 2. The van der Waals surface area contributed by atoms with Crippen molar-refractivity contribution in [3.8, 4) is 0 Å². The van der Waals surface area contributed by atoms with Crippen LogP contribution in [0.4, 0.5) is 4.79 Å². The second-order valence-electron chi connectivity index (χ2n) is 10.2. The summed E-state index contributed by atoms with van der Waals surface area (Å²) in [4.78, 5) is 30.6. The van der Waals surface area contributed by atoms with E-state index in [4.69, 9.17) is 0 Å². The van der Waals surface area contributed by atoms with Crippen LogP contribution in [0.5, 0.6) is 0 Å². The number of amides is 3. The highest BCUT2D eigenvalue weighted by atomic mass is 16.2. The van der Waals surface area contributed by atoms with E-state index in [1.54, 1.807) is 0 Å². The Balaban J connectivity index is 1.98. The number of imide groups is 1. The van der Waals surface area contributed by atoms with E-state index in [9.17, 15) is 9.59 Å². The van der Waals surface area contributed by atoms with Crippen LogP contribution in [0.1, 0.15) is 118 Å². The summed E-state index contributed by atoms with van der Waals surface area (Å²) >= 11 is 0. The second-order valence-corrected chi connectivity index (χ2v) is 10.2. The molecule has 2 N–H and O–H groups in total. The molecule has 32 heavy (non-hydrogen) atoms. The minimum Gasteiger partial charge on any atom is -0.297 e. The molecule has 3 amide bonds. The van der Waals surface area contributed by atoms with Gasteiger partial charge in [0.05, 0.1) is 12.3 Å². The molecule has 0 spiro atoms. The van der Waals surface area contributed by atoms with Crippen LogP contribution in [0.15, 0.2) is 0 Å². The first-order valence-electron chi connectivity index (χ1n) is 13.5. The van der Waals surface area contributed by atoms with Crippen LogP contribution in [-0.4, -0.2) is 52.7 Å². The van der Waals surface area contributed by atoms with Gasteiger partial charge in [0, 0.05) is 0 Å². The molecular formula is C26H50N4O2. The van der Waals surface area contributed by atoms with Crippen LogP contribution in [-0.2, 0) is 4.79 Å². The van der Waals surface area contributed by atoms with Crippen LogP contribution >= 0.6 is 0 Å². The number of hydrogen-bond acceptors (Lipinski definition) is 4. The topological polar surface area (TPSA) is 64.7 Å². The average molecular weight is 451 g/mol. The Hall–Kier alpha value is -1.14. The standard InChI is InChI=1S/C26H50N4O2/c1-6-8-10-12-14-19-27-21(3)29-24(31)26(5,23-17-16-18-23)30(25(29)32)22(4)28-20-15-13-11-9-7-2/h21-23,27-28H,6-20H2,1-5H3. The molecule has 1 heterocycles. The summed E-state index contributed by atoms with van der Waals surface area (Å²) in [6.07, 6.45) is 15.0. The molecular weight excluding hydrogens is 400 g/mol. The Morgan fingerprint density at radius 1 is 0.844 bits per heavy atom. The Morgan fingerprint density at radius 3 is 1.81 bits per heavy atom. The lowest BCUT2D eigenvalue weighted by Gasteiger charge is -2.45. The van der Waals surface area contributed by atoms with Gasteiger partial charge < -0.3 is 0 Å². The molecule has 0 aromatic rings. The van der Waals surface area contributed by atoms with Crippen LogP contribution in [0.25, 0.3) is 0 Å². The maximum Gasteiger partial charge on any atom is 0.330 e. The van der Waals surface area contributed by atoms with E-state index >= 15 is 0 Å². The number of unbranched alkanes of at least 4 members (excludes halogenated alkanes) is 8. The number of carbonyl (C=O) groups is 2. The second kappa shape index (κ2) is 13.5. The Morgan fingerprint density at radius 2 is 1.34 bits per heavy atom. The van der Waals surface area contributed by atoms with Crippen molar-refractivity contribution >= 4 is 11.9 Å². The molecule has 2 rings (SSSR count). The first-order valence-corrected chi connectivity index (χ1v) is 13.5. The van der Waals surface area contributed by atoms with Crippen molar-refractivity contribution in [3.63, 3.8) is 0 Å². The summed E-state index contributed by atoms with van der Waals surface area (Å²) in [6.45, 7) is 12.2. The summed E-state index contributed by atoms with van der Waals surface area (Å²) in [5, 5.41) is 6.99. The highest BCUT2D eigenvalue weighted by molar-refractivity contribution is 6.07. The zero-order chi connectivity index (χ0) is 23.6. The Bertz CT molecular complexity index is 580. The van der Waals surface area contributed by atoms with Gasteiger partial charge in [-0.05, 0) is 65.5 Å². The van der Waals surface area contributed by atoms with E-state index < -0.39 is 5.54 Å². The molecule has 186 valence electrons. The summed E-state index contributed by atoms with van der Waals surface area (Å²) in [5.74, 6) is 0.244. The van der Waals surface area contributed by atoms with Crippen molar-refractivity contribution in [1.82, 2.24) is 20.4 Å². The van der Waals surface area contributed by atoms with Gasteiger partial charge in [0.1, 0.15) is 5.54 Å². The molecule has 1 aliphatic heterocycles. The van der Waals surface area contributed by atoms with Gasteiger partial charge in [0.15, 0.2) is 0 Å². The fourth-order valence-corrected chi connectivity index (χ4v) is 5.26. The lowest BCUT2D eigenvalue weighted by Crippen LogP contribution is -2.60. The predicted molar refractivity (Wildman–Crippen MR) is 132 cm³/mol.